The molecule has 93 heavy (non-hydrogen) atoms. The van der Waals surface area contributed by atoms with Gasteiger partial charge in [0.15, 0.2) is 29.9 Å². The smallest absolute Gasteiger partial charge is 0.268 e. The van der Waals surface area contributed by atoms with Gasteiger partial charge in [-0.15, -0.1) is 0 Å². The third kappa shape index (κ3) is 13.2. The van der Waals surface area contributed by atoms with Crippen LogP contribution >= 0.6 is 0 Å². The zero-order valence-corrected chi connectivity index (χ0v) is 50.7. The molecule has 6 aromatic carbocycles. The third-order valence-corrected chi connectivity index (χ3v) is 17.7. The third-order valence-electron chi connectivity index (χ3n) is 17.7. The van der Waals surface area contributed by atoms with Crippen molar-refractivity contribution >= 4 is 40.6 Å². The summed E-state index contributed by atoms with van der Waals surface area (Å²) in [4.78, 5) is 52.1. The highest BCUT2D eigenvalue weighted by atomic mass is 16.5. The first kappa shape index (κ1) is 59.6. The van der Waals surface area contributed by atoms with Crippen molar-refractivity contribution < 1.29 is 43.9 Å². The number of amides is 3. The fourth-order valence-electron chi connectivity index (χ4n) is 12.8. The van der Waals surface area contributed by atoms with Crippen LogP contribution in [0.15, 0.2) is 207 Å². The van der Waals surface area contributed by atoms with Gasteiger partial charge in [-0.1, -0.05) is 72.8 Å². The zero-order valence-electron chi connectivity index (χ0n) is 50.7. The number of carbonyl (C=O) groups excluding carboxylic acids is 3. The Morgan fingerprint density at radius 1 is 0.559 bits per heavy atom. The van der Waals surface area contributed by atoms with E-state index in [9.17, 15) is 29.7 Å². The van der Waals surface area contributed by atoms with Gasteiger partial charge in [-0.3, -0.25) is 14.4 Å². The molecule has 1 saturated carbocycles. The Bertz CT molecular complexity index is 4260. The van der Waals surface area contributed by atoms with Crippen molar-refractivity contribution in [3.05, 3.63) is 235 Å². The number of ether oxygens (including phenoxy) is 3. The average Bonchev–Trinajstić information content (AvgIpc) is 1.26. The van der Waals surface area contributed by atoms with E-state index in [-0.39, 0.29) is 55.4 Å². The van der Waals surface area contributed by atoms with E-state index in [4.69, 9.17) is 19.3 Å². The van der Waals surface area contributed by atoms with Crippen LogP contribution in [0.5, 0.6) is 23.0 Å². The summed E-state index contributed by atoms with van der Waals surface area (Å²) >= 11 is 0. The summed E-state index contributed by atoms with van der Waals surface area (Å²) in [6.45, 7) is 2.06. The number of pyridine rings is 1. The summed E-state index contributed by atoms with van der Waals surface area (Å²) in [5.41, 5.74) is 10.1. The number of hydrogen-bond acceptors (Lipinski definition) is 16. The molecule has 3 amide bonds. The Morgan fingerprint density at radius 3 is 1.67 bits per heavy atom. The average molecular weight is 1250 g/mol. The summed E-state index contributed by atoms with van der Waals surface area (Å²) in [5, 5.41) is 54.8. The quantitative estimate of drug-likeness (QED) is 0.0451. The molecule has 1 fully saturated rings. The van der Waals surface area contributed by atoms with Gasteiger partial charge >= 0.3 is 0 Å². The highest BCUT2D eigenvalue weighted by molar-refractivity contribution is 5.95. The molecule has 4 aliphatic rings. The number of nitrogens with one attached hydrogen (secondary N) is 3. The molecule has 0 spiro atoms. The van der Waals surface area contributed by atoms with Gasteiger partial charge in [0.1, 0.15) is 17.2 Å². The van der Waals surface area contributed by atoms with E-state index in [0.717, 1.165) is 68.5 Å². The van der Waals surface area contributed by atoms with Gasteiger partial charge in [0.05, 0.1) is 84.7 Å². The van der Waals surface area contributed by atoms with E-state index < -0.39 is 42.4 Å². The first-order chi connectivity index (χ1) is 45.5. The fourth-order valence-corrected chi connectivity index (χ4v) is 12.8. The Kier molecular flexibility index (Phi) is 17.0. The van der Waals surface area contributed by atoms with Gasteiger partial charge < -0.3 is 60.2 Å². The number of para-hydroxylation sites is 6. The van der Waals surface area contributed by atoms with Crippen molar-refractivity contribution in [2.45, 2.75) is 87.7 Å². The molecule has 6 N–H and O–H groups in total. The van der Waals surface area contributed by atoms with E-state index in [1.807, 2.05) is 161 Å². The lowest BCUT2D eigenvalue weighted by atomic mass is 9.81. The van der Waals surface area contributed by atoms with Crippen molar-refractivity contribution in [3.8, 4) is 40.1 Å². The fraction of sp³-hybridized carbons (Fsp3) is 0.254. The second-order valence-corrected chi connectivity index (χ2v) is 23.9. The number of aromatic hydroxyl groups is 1. The summed E-state index contributed by atoms with van der Waals surface area (Å²) in [6, 6.07) is 52.9. The molecule has 10 aromatic rings. The number of aliphatic hydroxyl groups is 2. The van der Waals surface area contributed by atoms with Crippen LogP contribution in [0.3, 0.4) is 0 Å². The van der Waals surface area contributed by atoms with Gasteiger partial charge in [0, 0.05) is 62.7 Å². The Morgan fingerprint density at radius 2 is 1.11 bits per heavy atom. The minimum atomic E-state index is -0.878. The minimum absolute atomic E-state index is 0.0540. The van der Waals surface area contributed by atoms with Crippen LogP contribution < -0.4 is 44.9 Å². The van der Waals surface area contributed by atoms with E-state index in [1.54, 1.807) is 23.1 Å². The van der Waals surface area contributed by atoms with E-state index in [2.05, 4.69) is 70.1 Å². The predicted molar refractivity (Wildman–Crippen MR) is 348 cm³/mol. The van der Waals surface area contributed by atoms with Crippen molar-refractivity contribution in [2.24, 2.45) is 0 Å². The van der Waals surface area contributed by atoms with Crippen LogP contribution in [0.4, 0.5) is 22.9 Å². The molecule has 3 aliphatic heterocycles. The maximum absolute atomic E-state index is 14.2. The van der Waals surface area contributed by atoms with Crippen LogP contribution in [0, 0.1) is 0 Å². The number of aliphatic hydroxyl groups excluding tert-OH is 2. The highest BCUT2D eigenvalue weighted by Gasteiger charge is 2.38. The summed E-state index contributed by atoms with van der Waals surface area (Å²) in [6.07, 6.45) is 9.57. The lowest BCUT2D eigenvalue weighted by Crippen LogP contribution is -2.54. The number of hydrogen-bond donors (Lipinski definition) is 6. The van der Waals surface area contributed by atoms with E-state index in [0.29, 0.717) is 56.3 Å². The number of nitrogens with zero attached hydrogens (tertiary/aromatic N) is 10. The molecular weight excluding hydrogens is 1180 g/mol. The van der Waals surface area contributed by atoms with Crippen LogP contribution in [0.2, 0.25) is 0 Å². The number of rotatable bonds is 19. The molecule has 22 nitrogen and oxygen atoms in total. The standard InChI is InChI=1S/C71H69N13O9/c85-45-51(36-55-30-33-74-84(55)54-27-20-48(21-28-54)40-81-44-67(93-64-15-6-3-11-59(64)81)71(90)78-68-61(87)12-7-31-72-68)76-69(88)65-42-79(57-9-1-4-13-62(57)91-65)39-47-18-25-53(26-19-47)83-41-50(37-75-83)49-22-29-60(86)56(35-49)77-70(89)66-43-80(58-10-2-5-14-63(58)92-66)38-46-16-23-52(24-17-46)82-34-8-32-73-82/h1-21,23-28,30-34,37,41,49,51,56,60,65-67,85-87H,22,29,35-36,38-40,42-45H2,(H,76,88)(H,77,89)(H,72,78,90)/t49?,51-,56-,60-,65?,66+,67?/m0/s1. The second-order valence-electron chi connectivity index (χ2n) is 23.9. The molecule has 0 radical (unpaired) electrons. The lowest BCUT2D eigenvalue weighted by molar-refractivity contribution is -0.130. The van der Waals surface area contributed by atoms with Crippen LogP contribution in [-0.4, -0.2) is 130 Å². The summed E-state index contributed by atoms with van der Waals surface area (Å²) in [5.74, 6) is 0.690. The topological polar surface area (TPSA) is 252 Å². The van der Waals surface area contributed by atoms with Gasteiger partial charge in [-0.05, 0) is 144 Å². The normalized spacial score (nSPS) is 19.4. The summed E-state index contributed by atoms with van der Waals surface area (Å²) < 4.78 is 24.2. The molecule has 14 rings (SSSR count). The van der Waals surface area contributed by atoms with E-state index in [1.165, 1.54) is 12.3 Å². The lowest BCUT2D eigenvalue weighted by Gasteiger charge is -2.38. The van der Waals surface area contributed by atoms with Gasteiger partial charge in [-0.25, -0.2) is 19.0 Å². The Hall–Kier alpha value is -11.0. The number of benzene rings is 6. The monoisotopic (exact) mass is 1250 g/mol. The maximum Gasteiger partial charge on any atom is 0.268 e. The molecule has 1 aliphatic carbocycles. The minimum Gasteiger partial charge on any atom is -0.504 e. The maximum atomic E-state index is 14.2. The van der Waals surface area contributed by atoms with Crippen LogP contribution in [0.25, 0.3) is 17.1 Å². The SMILES string of the molecule is O=C(Nc1ncccc1O)C1CN(Cc2ccc(-n3nccc3C[C@@H](CO)NC(=O)C3CN(Cc4ccc(-n5cc(C6CC[C@H](O)[C@@H](NC(=O)[C@H]7CN(Cc8ccc(-n9cccn9)cc8)c8ccccc8O7)C6)cn5)cc4)c4ccccc4O3)cc2)c2ccccc2O1. The molecule has 22 heteroatoms. The van der Waals surface area contributed by atoms with Crippen molar-refractivity contribution in [2.75, 3.05) is 46.3 Å². The van der Waals surface area contributed by atoms with Gasteiger partial charge in [0.2, 0.25) is 0 Å². The number of aromatic nitrogens is 7. The second kappa shape index (κ2) is 26.5. The zero-order chi connectivity index (χ0) is 63.4. The molecule has 472 valence electrons. The largest absolute Gasteiger partial charge is 0.504 e. The molecule has 4 aromatic heterocycles. The van der Waals surface area contributed by atoms with Gasteiger partial charge in [0.25, 0.3) is 17.7 Å². The summed E-state index contributed by atoms with van der Waals surface area (Å²) in [7, 11) is 0. The predicted octanol–water partition coefficient (Wildman–Crippen LogP) is 7.82. The molecule has 0 bridgehead atoms. The number of anilines is 4. The first-order valence-corrected chi connectivity index (χ1v) is 31.2. The Labute approximate surface area is 536 Å². The van der Waals surface area contributed by atoms with Crippen LogP contribution in [0.1, 0.15) is 53.1 Å². The van der Waals surface area contributed by atoms with E-state index >= 15 is 0 Å². The number of fused-ring (bicyclic) bond motifs is 3. The van der Waals surface area contributed by atoms with Gasteiger partial charge in [-0.2, -0.15) is 15.3 Å². The molecule has 0 saturated heterocycles. The molecule has 3 unspecified atom stereocenters. The van der Waals surface area contributed by atoms with Crippen LogP contribution in [-0.2, 0) is 40.4 Å². The van der Waals surface area contributed by atoms with Crippen molar-refractivity contribution in [1.29, 1.82) is 0 Å². The Balaban J connectivity index is 0.578. The molecule has 7 heterocycles. The number of carbonyl (C=O) groups is 3. The first-order valence-electron chi connectivity index (χ1n) is 31.2. The molecule has 7 atom stereocenters. The van der Waals surface area contributed by atoms with Crippen molar-refractivity contribution in [3.63, 3.8) is 0 Å². The highest BCUT2D eigenvalue weighted by Crippen LogP contribution is 2.39. The van der Waals surface area contributed by atoms with Crippen molar-refractivity contribution in [1.82, 2.24) is 45.0 Å². The molecular formula is C71H69N13O9.